The van der Waals surface area contributed by atoms with E-state index < -0.39 is 5.69 Å². The Morgan fingerprint density at radius 3 is 2.56 bits per heavy atom. The van der Waals surface area contributed by atoms with E-state index in [4.69, 9.17) is 5.84 Å². The van der Waals surface area contributed by atoms with Gasteiger partial charge in [-0.05, 0) is 19.1 Å². The van der Waals surface area contributed by atoms with Gasteiger partial charge in [0.05, 0.1) is 5.69 Å². The van der Waals surface area contributed by atoms with Gasteiger partial charge in [-0.15, -0.1) is 0 Å². The van der Waals surface area contributed by atoms with Gasteiger partial charge in [0.15, 0.2) is 11.5 Å². The molecule has 1 aromatic carbocycles. The molecule has 0 aliphatic heterocycles. The van der Waals surface area contributed by atoms with E-state index in [-0.39, 0.29) is 17.4 Å². The Morgan fingerprint density at radius 1 is 1.28 bits per heavy atom. The van der Waals surface area contributed by atoms with Crippen molar-refractivity contribution in [2.45, 2.75) is 6.92 Å². The average Bonchev–Trinajstić information content (AvgIpc) is 2.32. The van der Waals surface area contributed by atoms with Crippen LogP contribution >= 0.6 is 0 Å². The number of nitrogens with one attached hydrogen (secondary N) is 1. The number of benzene rings is 1. The lowest BCUT2D eigenvalue weighted by atomic mass is 10.2. The number of nitrogens with two attached hydrogens (primary N) is 1. The van der Waals surface area contributed by atoms with E-state index in [0.717, 1.165) is 0 Å². The van der Waals surface area contributed by atoms with E-state index in [2.05, 4.69) is 15.4 Å². The standard InChI is InChI=1S/C10H11N5O3/c1-5-12-9(14-11)13-10(18)15(5)6-2-3-7(16)8(17)4-6/h2-4,16-17H,11H2,1H3,(H,13,14,18). The Hall–Kier alpha value is -2.61. The van der Waals surface area contributed by atoms with Crippen LogP contribution in [0.4, 0.5) is 5.95 Å². The molecule has 0 bridgehead atoms. The van der Waals surface area contributed by atoms with Gasteiger partial charge in [-0.3, -0.25) is 5.43 Å². The highest BCUT2D eigenvalue weighted by atomic mass is 16.3. The molecule has 1 aromatic heterocycles. The number of anilines is 1. The second-order valence-corrected chi connectivity index (χ2v) is 3.53. The molecule has 8 nitrogen and oxygen atoms in total. The molecule has 0 aliphatic carbocycles. The van der Waals surface area contributed by atoms with Crippen LogP contribution in [-0.4, -0.2) is 24.7 Å². The number of hydrogen-bond acceptors (Lipinski definition) is 7. The van der Waals surface area contributed by atoms with Crippen molar-refractivity contribution in [1.29, 1.82) is 0 Å². The van der Waals surface area contributed by atoms with Crippen molar-refractivity contribution in [3.63, 3.8) is 0 Å². The average molecular weight is 249 g/mol. The predicted octanol–water partition coefficient (Wildman–Crippen LogP) is -0.367. The number of hydrazine groups is 1. The minimum absolute atomic E-state index is 0.0109. The molecule has 1 heterocycles. The van der Waals surface area contributed by atoms with Gasteiger partial charge in [-0.25, -0.2) is 15.2 Å². The molecular weight excluding hydrogens is 238 g/mol. The Bertz CT molecular complexity index is 652. The molecule has 0 spiro atoms. The van der Waals surface area contributed by atoms with Gasteiger partial charge in [-0.2, -0.15) is 9.97 Å². The second-order valence-electron chi connectivity index (χ2n) is 3.53. The van der Waals surface area contributed by atoms with Crippen molar-refractivity contribution >= 4 is 5.95 Å². The summed E-state index contributed by atoms with van der Waals surface area (Å²) in [7, 11) is 0. The van der Waals surface area contributed by atoms with Crippen LogP contribution in [0.2, 0.25) is 0 Å². The van der Waals surface area contributed by atoms with Gasteiger partial charge in [0.1, 0.15) is 5.82 Å². The minimum Gasteiger partial charge on any atom is -0.504 e. The molecule has 0 saturated carbocycles. The summed E-state index contributed by atoms with van der Waals surface area (Å²) < 4.78 is 1.18. The summed E-state index contributed by atoms with van der Waals surface area (Å²) in [5, 5.41) is 18.6. The van der Waals surface area contributed by atoms with Crippen LogP contribution in [0.25, 0.3) is 5.69 Å². The van der Waals surface area contributed by atoms with Crippen LogP contribution in [0, 0.1) is 6.92 Å². The van der Waals surface area contributed by atoms with E-state index in [1.807, 2.05) is 0 Å². The third-order valence-electron chi connectivity index (χ3n) is 2.33. The number of nitrogens with zero attached hydrogens (tertiary/aromatic N) is 3. The van der Waals surface area contributed by atoms with E-state index in [9.17, 15) is 15.0 Å². The Labute approximate surface area is 101 Å². The first-order chi connectivity index (χ1) is 8.52. The van der Waals surface area contributed by atoms with Crippen molar-refractivity contribution in [3.05, 3.63) is 34.5 Å². The maximum Gasteiger partial charge on any atom is 0.356 e. The Balaban J connectivity index is 2.64. The fraction of sp³-hybridized carbons (Fsp3) is 0.100. The molecule has 0 amide bonds. The van der Waals surface area contributed by atoms with Crippen LogP contribution in [0.5, 0.6) is 11.5 Å². The SMILES string of the molecule is Cc1nc(NN)nc(=O)n1-c1ccc(O)c(O)c1. The molecular formula is C10H11N5O3. The number of aromatic nitrogens is 3. The summed E-state index contributed by atoms with van der Waals surface area (Å²) in [6.07, 6.45) is 0. The van der Waals surface area contributed by atoms with Crippen LogP contribution in [0.3, 0.4) is 0 Å². The normalized spacial score (nSPS) is 10.3. The summed E-state index contributed by atoms with van der Waals surface area (Å²) in [6, 6.07) is 3.97. The third kappa shape index (κ3) is 1.96. The molecule has 2 rings (SSSR count). The number of nitrogen functional groups attached to an aromatic ring is 1. The van der Waals surface area contributed by atoms with Gasteiger partial charge < -0.3 is 10.2 Å². The number of rotatable bonds is 2. The summed E-state index contributed by atoms with van der Waals surface area (Å²) in [5.74, 6) is 4.87. The van der Waals surface area contributed by atoms with Crippen LogP contribution < -0.4 is 17.0 Å². The fourth-order valence-electron chi connectivity index (χ4n) is 1.52. The molecule has 5 N–H and O–H groups in total. The van der Waals surface area contributed by atoms with Crippen LogP contribution in [0.15, 0.2) is 23.0 Å². The van der Waals surface area contributed by atoms with Gasteiger partial charge >= 0.3 is 5.69 Å². The second kappa shape index (κ2) is 4.34. The van der Waals surface area contributed by atoms with Crippen molar-refractivity contribution in [1.82, 2.24) is 14.5 Å². The summed E-state index contributed by atoms with van der Waals surface area (Å²) >= 11 is 0. The molecule has 0 fully saturated rings. The molecule has 0 radical (unpaired) electrons. The zero-order valence-corrected chi connectivity index (χ0v) is 9.45. The number of hydrogen-bond donors (Lipinski definition) is 4. The van der Waals surface area contributed by atoms with Gasteiger partial charge in [0.25, 0.3) is 0 Å². The first kappa shape index (κ1) is 11.9. The molecule has 18 heavy (non-hydrogen) atoms. The van der Waals surface area contributed by atoms with Gasteiger partial charge in [-0.1, -0.05) is 0 Å². The number of phenolic OH excluding ortho intramolecular Hbond substituents is 2. The van der Waals surface area contributed by atoms with Crippen LogP contribution in [-0.2, 0) is 0 Å². The quantitative estimate of drug-likeness (QED) is 0.325. The lowest BCUT2D eigenvalue weighted by molar-refractivity contribution is 0.403. The highest BCUT2D eigenvalue weighted by molar-refractivity contribution is 5.47. The maximum absolute atomic E-state index is 11.8. The topological polar surface area (TPSA) is 126 Å². The van der Waals surface area contributed by atoms with Crippen molar-refractivity contribution < 1.29 is 10.2 Å². The van der Waals surface area contributed by atoms with E-state index >= 15 is 0 Å². The summed E-state index contributed by atoms with van der Waals surface area (Å²) in [6.45, 7) is 1.59. The molecule has 8 heteroatoms. The highest BCUT2D eigenvalue weighted by Crippen LogP contribution is 2.26. The molecule has 0 unspecified atom stereocenters. The lowest BCUT2D eigenvalue weighted by Crippen LogP contribution is -2.27. The van der Waals surface area contributed by atoms with E-state index in [1.165, 1.54) is 22.8 Å². The molecule has 0 atom stereocenters. The molecule has 0 saturated heterocycles. The first-order valence-corrected chi connectivity index (χ1v) is 4.99. The minimum atomic E-state index is -0.597. The maximum atomic E-state index is 11.8. The largest absolute Gasteiger partial charge is 0.504 e. The number of aromatic hydroxyl groups is 2. The van der Waals surface area contributed by atoms with Gasteiger partial charge in [0, 0.05) is 6.07 Å². The van der Waals surface area contributed by atoms with Gasteiger partial charge in [0.2, 0.25) is 5.95 Å². The highest BCUT2D eigenvalue weighted by Gasteiger charge is 2.10. The molecule has 2 aromatic rings. The first-order valence-electron chi connectivity index (χ1n) is 4.99. The third-order valence-corrected chi connectivity index (χ3v) is 2.33. The Kier molecular flexibility index (Phi) is 2.86. The zero-order chi connectivity index (χ0) is 13.3. The predicted molar refractivity (Wildman–Crippen MR) is 63.5 cm³/mol. The zero-order valence-electron chi connectivity index (χ0n) is 9.45. The Morgan fingerprint density at radius 2 is 2.00 bits per heavy atom. The van der Waals surface area contributed by atoms with Crippen molar-refractivity contribution in [2.24, 2.45) is 5.84 Å². The summed E-state index contributed by atoms with van der Waals surface area (Å²) in [5.41, 5.74) is 1.93. The summed E-state index contributed by atoms with van der Waals surface area (Å²) in [4.78, 5) is 19.3. The monoisotopic (exact) mass is 249 g/mol. The number of phenols is 2. The van der Waals surface area contributed by atoms with Crippen LogP contribution in [0.1, 0.15) is 5.82 Å². The molecule has 94 valence electrons. The smallest absolute Gasteiger partial charge is 0.356 e. The fourth-order valence-corrected chi connectivity index (χ4v) is 1.52. The van der Waals surface area contributed by atoms with E-state index in [1.54, 1.807) is 6.92 Å². The van der Waals surface area contributed by atoms with E-state index in [0.29, 0.717) is 11.5 Å². The number of aryl methyl sites for hydroxylation is 1. The molecule has 0 aliphatic rings. The lowest BCUT2D eigenvalue weighted by Gasteiger charge is -2.10. The van der Waals surface area contributed by atoms with Crippen molar-refractivity contribution in [2.75, 3.05) is 5.43 Å². The van der Waals surface area contributed by atoms with Crippen molar-refractivity contribution in [3.8, 4) is 17.2 Å².